The first-order valence-electron chi connectivity index (χ1n) is 5.62. The maximum atomic E-state index is 12.4. The molecule has 2 aromatic carbocycles. The van der Waals surface area contributed by atoms with Gasteiger partial charge in [-0.3, -0.25) is 4.79 Å². The molecule has 0 aromatic heterocycles. The van der Waals surface area contributed by atoms with Crippen LogP contribution in [0.1, 0.15) is 15.9 Å². The van der Waals surface area contributed by atoms with Crippen LogP contribution in [0.15, 0.2) is 46.9 Å². The smallest absolute Gasteiger partial charge is 0.406 e. The molecule has 7 heteroatoms. The number of benzene rings is 2. The fraction of sp³-hybridized carbons (Fsp3) is 0.0714. The molecule has 2 nitrogen and oxygen atoms in total. The van der Waals surface area contributed by atoms with Crippen molar-refractivity contribution in [1.82, 2.24) is 0 Å². The van der Waals surface area contributed by atoms with Crippen LogP contribution in [0.3, 0.4) is 0 Å². The Bertz CT molecular complexity index is 686. The first-order chi connectivity index (χ1) is 9.76. The fourth-order valence-corrected chi connectivity index (χ4v) is 2.58. The Morgan fingerprint density at radius 2 is 1.86 bits per heavy atom. The molecule has 0 saturated carbocycles. The van der Waals surface area contributed by atoms with E-state index in [0.29, 0.717) is 10.0 Å². The number of carbonyl (C=O) groups excluding carboxylic acids is 1. The van der Waals surface area contributed by atoms with E-state index < -0.39 is 12.1 Å². The molecular weight excluding hydrogens is 464 g/mol. The summed E-state index contributed by atoms with van der Waals surface area (Å²) in [5, 5.41) is 0. The van der Waals surface area contributed by atoms with Gasteiger partial charge in [-0.25, -0.2) is 0 Å². The van der Waals surface area contributed by atoms with Crippen molar-refractivity contribution >= 4 is 44.3 Å². The zero-order valence-corrected chi connectivity index (χ0v) is 14.0. The van der Waals surface area contributed by atoms with E-state index >= 15 is 0 Å². The van der Waals surface area contributed by atoms with Crippen LogP contribution in [-0.2, 0) is 0 Å². The molecule has 0 fully saturated rings. The molecule has 0 aliphatic rings. The van der Waals surface area contributed by atoms with Crippen LogP contribution in [0.2, 0.25) is 0 Å². The number of ether oxygens (including phenoxy) is 1. The van der Waals surface area contributed by atoms with Gasteiger partial charge in [0.15, 0.2) is 5.78 Å². The molecule has 0 saturated heterocycles. The van der Waals surface area contributed by atoms with E-state index in [9.17, 15) is 18.0 Å². The maximum absolute atomic E-state index is 12.4. The molecule has 0 radical (unpaired) electrons. The fourth-order valence-electron chi connectivity index (χ4n) is 1.66. The summed E-state index contributed by atoms with van der Waals surface area (Å²) in [6, 6.07) is 10.2. The minimum atomic E-state index is -4.79. The quantitative estimate of drug-likeness (QED) is 0.456. The van der Waals surface area contributed by atoms with Gasteiger partial charge in [-0.15, -0.1) is 13.2 Å². The SMILES string of the molecule is O=C(c1cccc(OC(F)(F)F)c1)c1cc(I)ccc1Br. The van der Waals surface area contributed by atoms with Crippen molar-refractivity contribution in [3.05, 3.63) is 61.6 Å². The van der Waals surface area contributed by atoms with Gasteiger partial charge in [-0.1, -0.05) is 28.1 Å². The van der Waals surface area contributed by atoms with E-state index in [0.717, 1.165) is 15.7 Å². The van der Waals surface area contributed by atoms with Gasteiger partial charge in [-0.2, -0.15) is 0 Å². The van der Waals surface area contributed by atoms with Crippen LogP contribution >= 0.6 is 38.5 Å². The van der Waals surface area contributed by atoms with Crippen molar-refractivity contribution in [2.45, 2.75) is 6.36 Å². The molecule has 0 aliphatic heterocycles. The minimum absolute atomic E-state index is 0.124. The molecule has 0 spiro atoms. The van der Waals surface area contributed by atoms with Crippen LogP contribution in [0, 0.1) is 3.57 Å². The van der Waals surface area contributed by atoms with Crippen LogP contribution in [0.4, 0.5) is 13.2 Å². The van der Waals surface area contributed by atoms with Crippen molar-refractivity contribution in [3.8, 4) is 5.75 Å². The second-order valence-electron chi connectivity index (χ2n) is 4.03. The minimum Gasteiger partial charge on any atom is -0.406 e. The van der Waals surface area contributed by atoms with Crippen molar-refractivity contribution in [3.63, 3.8) is 0 Å². The third-order valence-electron chi connectivity index (χ3n) is 2.50. The first-order valence-corrected chi connectivity index (χ1v) is 7.49. The lowest BCUT2D eigenvalue weighted by molar-refractivity contribution is -0.274. The number of rotatable bonds is 3. The monoisotopic (exact) mass is 470 g/mol. The number of halogens is 5. The van der Waals surface area contributed by atoms with Crippen molar-refractivity contribution < 1.29 is 22.7 Å². The summed E-state index contributed by atoms with van der Waals surface area (Å²) in [4.78, 5) is 12.4. The molecule has 0 amide bonds. The molecule has 2 rings (SSSR count). The first kappa shape index (κ1) is 16.3. The summed E-state index contributed by atoms with van der Waals surface area (Å²) in [5.74, 6) is -0.803. The standard InChI is InChI=1S/C14H7BrF3IO2/c15-12-5-4-9(19)7-11(12)13(20)8-2-1-3-10(6-8)21-14(16,17)18/h1-7H. The van der Waals surface area contributed by atoms with Gasteiger partial charge in [0, 0.05) is 19.2 Å². The van der Waals surface area contributed by atoms with E-state index in [1.165, 1.54) is 12.1 Å². The van der Waals surface area contributed by atoms with Crippen molar-refractivity contribution in [2.75, 3.05) is 0 Å². The van der Waals surface area contributed by atoms with Gasteiger partial charge in [0.25, 0.3) is 0 Å². The Balaban J connectivity index is 2.35. The highest BCUT2D eigenvalue weighted by molar-refractivity contribution is 14.1. The van der Waals surface area contributed by atoms with Crippen LogP contribution in [0.5, 0.6) is 5.75 Å². The normalized spacial score (nSPS) is 11.3. The number of ketones is 1. The third-order valence-corrected chi connectivity index (χ3v) is 3.87. The Kier molecular flexibility index (Phi) is 4.92. The van der Waals surface area contributed by atoms with Gasteiger partial charge >= 0.3 is 6.36 Å². The summed E-state index contributed by atoms with van der Waals surface area (Å²) in [6.45, 7) is 0. The lowest BCUT2D eigenvalue weighted by atomic mass is 10.0. The molecule has 0 bridgehead atoms. The topological polar surface area (TPSA) is 26.3 Å². The largest absolute Gasteiger partial charge is 0.573 e. The highest BCUT2D eigenvalue weighted by Crippen LogP contribution is 2.26. The third kappa shape index (κ3) is 4.44. The number of carbonyl (C=O) groups is 1. The lowest BCUT2D eigenvalue weighted by Crippen LogP contribution is -2.17. The highest BCUT2D eigenvalue weighted by Gasteiger charge is 2.31. The summed E-state index contributed by atoms with van der Waals surface area (Å²) >= 11 is 5.31. The molecule has 110 valence electrons. The molecule has 0 aliphatic carbocycles. The molecule has 2 aromatic rings. The molecule has 0 N–H and O–H groups in total. The maximum Gasteiger partial charge on any atom is 0.573 e. The van der Waals surface area contributed by atoms with Gasteiger partial charge in [-0.05, 0) is 52.9 Å². The van der Waals surface area contributed by atoms with E-state index in [2.05, 4.69) is 43.3 Å². The average molecular weight is 471 g/mol. The molecule has 0 atom stereocenters. The Hall–Kier alpha value is -1.09. The number of hydrogen-bond acceptors (Lipinski definition) is 2. The van der Waals surface area contributed by atoms with E-state index in [4.69, 9.17) is 0 Å². The summed E-state index contributed by atoms with van der Waals surface area (Å²) in [7, 11) is 0. The van der Waals surface area contributed by atoms with Gasteiger partial charge in [0.2, 0.25) is 0 Å². The summed E-state index contributed by atoms with van der Waals surface area (Å²) in [5.41, 5.74) is 0.505. The predicted molar refractivity (Wildman–Crippen MR) is 83.4 cm³/mol. The van der Waals surface area contributed by atoms with Gasteiger partial charge in [0.05, 0.1) is 0 Å². The van der Waals surface area contributed by atoms with E-state index in [-0.39, 0.29) is 11.3 Å². The number of hydrogen-bond donors (Lipinski definition) is 0. The zero-order chi connectivity index (χ0) is 15.6. The van der Waals surface area contributed by atoms with Crippen molar-refractivity contribution in [1.29, 1.82) is 0 Å². The molecular formula is C14H7BrF3IO2. The average Bonchev–Trinajstić information content (AvgIpc) is 2.39. The Morgan fingerprint density at radius 1 is 1.14 bits per heavy atom. The summed E-state index contributed by atoms with van der Waals surface area (Å²) < 4.78 is 41.8. The van der Waals surface area contributed by atoms with Crippen LogP contribution in [0.25, 0.3) is 0 Å². The van der Waals surface area contributed by atoms with Crippen LogP contribution in [-0.4, -0.2) is 12.1 Å². The second-order valence-corrected chi connectivity index (χ2v) is 6.13. The Morgan fingerprint density at radius 3 is 2.52 bits per heavy atom. The predicted octanol–water partition coefficient (Wildman–Crippen LogP) is 5.18. The van der Waals surface area contributed by atoms with E-state index in [1.807, 2.05) is 6.07 Å². The number of alkyl halides is 3. The summed E-state index contributed by atoms with van der Waals surface area (Å²) in [6.07, 6.45) is -4.79. The van der Waals surface area contributed by atoms with Gasteiger partial charge in [0.1, 0.15) is 5.75 Å². The van der Waals surface area contributed by atoms with Gasteiger partial charge < -0.3 is 4.74 Å². The molecule has 21 heavy (non-hydrogen) atoms. The highest BCUT2D eigenvalue weighted by atomic mass is 127. The molecule has 0 unspecified atom stereocenters. The lowest BCUT2D eigenvalue weighted by Gasteiger charge is -2.10. The zero-order valence-electron chi connectivity index (χ0n) is 10.2. The second kappa shape index (κ2) is 6.35. The van der Waals surface area contributed by atoms with E-state index in [1.54, 1.807) is 12.1 Å². The molecule has 0 heterocycles. The Labute approximate surface area is 140 Å². The van der Waals surface area contributed by atoms with Crippen molar-refractivity contribution in [2.24, 2.45) is 0 Å². The van der Waals surface area contributed by atoms with Crippen LogP contribution < -0.4 is 4.74 Å².